The minimum absolute atomic E-state index is 0.0382. The molecule has 0 aliphatic heterocycles. The van der Waals surface area contributed by atoms with Gasteiger partial charge in [0.1, 0.15) is 11.8 Å². The average molecular weight is 305 g/mol. The number of nitro benzene ring substituents is 1. The predicted octanol–water partition coefficient (Wildman–Crippen LogP) is 3.56. The van der Waals surface area contributed by atoms with Crippen molar-refractivity contribution in [2.24, 2.45) is 0 Å². The molecule has 23 heavy (non-hydrogen) atoms. The van der Waals surface area contributed by atoms with Crippen LogP contribution < -0.4 is 4.74 Å². The van der Waals surface area contributed by atoms with Gasteiger partial charge < -0.3 is 4.74 Å². The van der Waals surface area contributed by atoms with Gasteiger partial charge in [-0.3, -0.25) is 10.1 Å². The third-order valence-electron chi connectivity index (χ3n) is 3.02. The molecule has 0 aromatic heterocycles. The highest BCUT2D eigenvalue weighted by atomic mass is 16.6. The Balaban J connectivity index is 2.38. The summed E-state index contributed by atoms with van der Waals surface area (Å²) in [5.41, 5.74) is 1.52. The molecule has 0 aliphatic rings. The molecule has 0 N–H and O–H groups in total. The van der Waals surface area contributed by atoms with Crippen LogP contribution in [-0.4, -0.2) is 11.5 Å². The molecule has 6 heteroatoms. The number of benzene rings is 2. The number of non-ortho nitro benzene ring substituents is 1. The first kappa shape index (κ1) is 15.7. The summed E-state index contributed by atoms with van der Waals surface area (Å²) in [4.78, 5) is 10.2. The first-order valence-electron chi connectivity index (χ1n) is 6.61. The molecule has 0 saturated heterocycles. The first-order chi connectivity index (χ1) is 11.2. The summed E-state index contributed by atoms with van der Waals surface area (Å²) >= 11 is 0. The largest absolute Gasteiger partial charge is 0.478 e. The number of hydrogen-bond donors (Lipinski definition) is 0. The molecular weight excluding hydrogens is 294 g/mol. The molecule has 0 saturated carbocycles. The normalized spacial score (nSPS) is 10.4. The molecule has 0 amide bonds. The molecule has 0 aliphatic carbocycles. The van der Waals surface area contributed by atoms with Crippen LogP contribution in [0.4, 0.5) is 5.69 Å². The van der Waals surface area contributed by atoms with Crippen molar-refractivity contribution < 1.29 is 9.66 Å². The minimum atomic E-state index is -0.495. The predicted molar refractivity (Wildman–Crippen MR) is 84.1 cm³/mol. The Labute approximate surface area is 132 Å². The van der Waals surface area contributed by atoms with E-state index in [-0.39, 0.29) is 12.3 Å². The molecular formula is C17H11N3O3. The van der Waals surface area contributed by atoms with Crippen LogP contribution >= 0.6 is 0 Å². The van der Waals surface area contributed by atoms with E-state index < -0.39 is 4.92 Å². The molecule has 2 rings (SSSR count). The lowest BCUT2D eigenvalue weighted by Gasteiger charge is -2.06. The number of hydrogen-bond acceptors (Lipinski definition) is 5. The van der Waals surface area contributed by atoms with Gasteiger partial charge >= 0.3 is 0 Å². The minimum Gasteiger partial charge on any atom is -0.478 e. The molecule has 2 aromatic rings. The highest BCUT2D eigenvalue weighted by Crippen LogP contribution is 2.25. The molecule has 0 fully saturated rings. The quantitative estimate of drug-likeness (QED) is 0.364. The van der Waals surface area contributed by atoms with E-state index >= 15 is 0 Å². The van der Waals surface area contributed by atoms with Gasteiger partial charge in [0.2, 0.25) is 0 Å². The second-order valence-electron chi connectivity index (χ2n) is 4.46. The zero-order valence-corrected chi connectivity index (χ0v) is 12.0. The van der Waals surface area contributed by atoms with Crippen LogP contribution in [0.3, 0.4) is 0 Å². The number of rotatable bonds is 5. The van der Waals surface area contributed by atoms with Gasteiger partial charge in [0.05, 0.1) is 16.6 Å². The fourth-order valence-electron chi connectivity index (χ4n) is 1.94. The van der Waals surface area contributed by atoms with E-state index in [0.717, 1.165) is 0 Å². The summed E-state index contributed by atoms with van der Waals surface area (Å²) in [6, 6.07) is 16.7. The van der Waals surface area contributed by atoms with E-state index in [4.69, 9.17) is 10.00 Å². The van der Waals surface area contributed by atoms with E-state index in [0.29, 0.717) is 22.4 Å². The van der Waals surface area contributed by atoms with Crippen LogP contribution in [0.2, 0.25) is 0 Å². The molecule has 0 spiro atoms. The molecule has 0 atom stereocenters. The SMILES string of the molecule is N#CCOc1ccccc1C=C(C#N)c1ccc([N+](=O)[O-])cc1. The molecule has 0 radical (unpaired) electrons. The van der Waals surface area contributed by atoms with E-state index in [2.05, 4.69) is 6.07 Å². The first-order valence-corrected chi connectivity index (χ1v) is 6.61. The summed E-state index contributed by atoms with van der Waals surface area (Å²) in [6.07, 6.45) is 1.62. The lowest BCUT2D eigenvalue weighted by atomic mass is 10.0. The van der Waals surface area contributed by atoms with Gasteiger partial charge in [0, 0.05) is 17.7 Å². The van der Waals surface area contributed by atoms with E-state index in [1.54, 1.807) is 30.3 Å². The average Bonchev–Trinajstić information content (AvgIpc) is 2.58. The van der Waals surface area contributed by atoms with E-state index in [1.807, 2.05) is 6.07 Å². The van der Waals surface area contributed by atoms with Gasteiger partial charge in [-0.15, -0.1) is 0 Å². The lowest BCUT2D eigenvalue weighted by Crippen LogP contribution is -1.95. The number of nitriles is 2. The van der Waals surface area contributed by atoms with Crippen LogP contribution in [-0.2, 0) is 0 Å². The third kappa shape index (κ3) is 3.93. The van der Waals surface area contributed by atoms with Crippen LogP contribution in [0.5, 0.6) is 5.75 Å². The summed E-state index contributed by atoms with van der Waals surface area (Å²) in [7, 11) is 0. The third-order valence-corrected chi connectivity index (χ3v) is 3.02. The van der Waals surface area contributed by atoms with Gasteiger partial charge in [-0.1, -0.05) is 18.2 Å². The Morgan fingerprint density at radius 3 is 2.48 bits per heavy atom. The van der Waals surface area contributed by atoms with Gasteiger partial charge in [-0.2, -0.15) is 10.5 Å². The molecule has 112 valence electrons. The number of nitro groups is 1. The summed E-state index contributed by atoms with van der Waals surface area (Å²) in [6.45, 7) is -0.0930. The standard InChI is InChI=1S/C17H11N3O3/c18-9-10-23-17-4-2-1-3-14(17)11-15(12-19)13-5-7-16(8-6-13)20(21)22/h1-8,11H,10H2. The summed E-state index contributed by atoms with van der Waals surface area (Å²) in [5.74, 6) is 0.490. The number of para-hydroxylation sites is 1. The molecule has 0 heterocycles. The highest BCUT2D eigenvalue weighted by Gasteiger charge is 2.08. The maximum atomic E-state index is 10.7. The van der Waals surface area contributed by atoms with Crippen molar-refractivity contribution in [2.75, 3.05) is 6.61 Å². The van der Waals surface area contributed by atoms with Crippen molar-refractivity contribution in [3.05, 3.63) is 69.8 Å². The Bertz CT molecular complexity index is 827. The Hall–Kier alpha value is -3.64. The van der Waals surface area contributed by atoms with E-state index in [1.165, 1.54) is 24.3 Å². The number of nitrogens with zero attached hydrogens (tertiary/aromatic N) is 3. The van der Waals surface area contributed by atoms with E-state index in [9.17, 15) is 15.4 Å². The zero-order chi connectivity index (χ0) is 16.7. The molecule has 2 aromatic carbocycles. The number of allylic oxidation sites excluding steroid dienone is 1. The topological polar surface area (TPSA) is 99.9 Å². The van der Waals surface area contributed by atoms with Crippen molar-refractivity contribution in [3.8, 4) is 17.9 Å². The Kier molecular flexibility index (Phi) is 5.06. The highest BCUT2D eigenvalue weighted by molar-refractivity contribution is 5.90. The van der Waals surface area contributed by atoms with Crippen molar-refractivity contribution in [2.45, 2.75) is 0 Å². The number of ether oxygens (including phenoxy) is 1. The van der Waals surface area contributed by atoms with Crippen LogP contribution in [0.1, 0.15) is 11.1 Å². The molecule has 0 unspecified atom stereocenters. The van der Waals surface area contributed by atoms with Gasteiger partial charge in [0.25, 0.3) is 5.69 Å². The maximum Gasteiger partial charge on any atom is 0.269 e. The molecule has 6 nitrogen and oxygen atoms in total. The smallest absolute Gasteiger partial charge is 0.269 e. The van der Waals surface area contributed by atoms with Crippen LogP contribution in [0, 0.1) is 32.8 Å². The van der Waals surface area contributed by atoms with Gasteiger partial charge in [-0.05, 0) is 29.8 Å². The molecule has 0 bridgehead atoms. The Morgan fingerprint density at radius 1 is 1.17 bits per heavy atom. The van der Waals surface area contributed by atoms with Gasteiger partial charge in [-0.25, -0.2) is 0 Å². The van der Waals surface area contributed by atoms with Crippen molar-refractivity contribution >= 4 is 17.3 Å². The Morgan fingerprint density at radius 2 is 1.87 bits per heavy atom. The van der Waals surface area contributed by atoms with Crippen LogP contribution in [0.25, 0.3) is 11.6 Å². The maximum absolute atomic E-state index is 10.7. The summed E-state index contributed by atoms with van der Waals surface area (Å²) < 4.78 is 5.31. The fraction of sp³-hybridized carbons (Fsp3) is 0.0588. The monoisotopic (exact) mass is 305 g/mol. The van der Waals surface area contributed by atoms with Crippen molar-refractivity contribution in [1.29, 1.82) is 10.5 Å². The van der Waals surface area contributed by atoms with Gasteiger partial charge in [0.15, 0.2) is 6.61 Å². The van der Waals surface area contributed by atoms with Crippen molar-refractivity contribution in [3.63, 3.8) is 0 Å². The fourth-order valence-corrected chi connectivity index (χ4v) is 1.94. The second kappa shape index (κ2) is 7.39. The van der Waals surface area contributed by atoms with Crippen LogP contribution in [0.15, 0.2) is 48.5 Å². The summed E-state index contributed by atoms with van der Waals surface area (Å²) in [5, 5.41) is 28.6. The second-order valence-corrected chi connectivity index (χ2v) is 4.46. The van der Waals surface area contributed by atoms with Crippen molar-refractivity contribution in [1.82, 2.24) is 0 Å². The zero-order valence-electron chi connectivity index (χ0n) is 12.0. The lowest BCUT2D eigenvalue weighted by molar-refractivity contribution is -0.384.